The summed E-state index contributed by atoms with van der Waals surface area (Å²) < 4.78 is 15.9. The maximum Gasteiger partial charge on any atom is 0.337 e. The molecule has 0 aliphatic carbocycles. The molecule has 1 amide bonds. The van der Waals surface area contributed by atoms with Gasteiger partial charge in [0.05, 0.1) is 29.6 Å². The predicted octanol–water partition coefficient (Wildman–Crippen LogP) is 4.17. The van der Waals surface area contributed by atoms with E-state index in [0.29, 0.717) is 33.5 Å². The number of nitrogens with zero attached hydrogens (tertiary/aromatic N) is 2. The van der Waals surface area contributed by atoms with Crippen LogP contribution >= 0.6 is 0 Å². The number of fused-ring (bicyclic) bond motifs is 1. The number of aromatic carboxylic acids is 1. The van der Waals surface area contributed by atoms with Crippen molar-refractivity contribution in [3.05, 3.63) is 94.3 Å². The molecule has 11 heteroatoms. The summed E-state index contributed by atoms with van der Waals surface area (Å²) in [5.74, 6) is -2.73. The van der Waals surface area contributed by atoms with Gasteiger partial charge in [-0.25, -0.2) is 14.6 Å². The molecular weight excluding hydrogens is 506 g/mol. The number of carboxylic acids is 1. The number of pyridine rings is 1. The number of anilines is 1. The summed E-state index contributed by atoms with van der Waals surface area (Å²) in [5.41, 5.74) is 2.19. The second-order valence-corrected chi connectivity index (χ2v) is 8.35. The number of ether oxygens (including phenoxy) is 2. The highest BCUT2D eigenvalue weighted by Gasteiger charge is 2.18. The molecule has 0 unspecified atom stereocenters. The third-order valence-electron chi connectivity index (χ3n) is 5.61. The van der Waals surface area contributed by atoms with Gasteiger partial charge in [-0.2, -0.15) is 0 Å². The number of hydrogen-bond acceptors (Lipinski definition) is 9. The van der Waals surface area contributed by atoms with E-state index in [1.807, 2.05) is 0 Å². The minimum absolute atomic E-state index is 0.00949. The van der Waals surface area contributed by atoms with Crippen molar-refractivity contribution < 1.29 is 38.2 Å². The molecular formula is C28H23N3O8. The van der Waals surface area contributed by atoms with Crippen molar-refractivity contribution in [2.75, 3.05) is 12.4 Å². The van der Waals surface area contributed by atoms with Crippen molar-refractivity contribution in [1.82, 2.24) is 4.98 Å². The van der Waals surface area contributed by atoms with Gasteiger partial charge in [0.25, 0.3) is 5.91 Å². The van der Waals surface area contributed by atoms with Crippen LogP contribution in [0.5, 0.6) is 0 Å². The second kappa shape index (κ2) is 11.4. The smallest absolute Gasteiger partial charge is 0.337 e. The van der Waals surface area contributed by atoms with Gasteiger partial charge in [-0.05, 0) is 55.5 Å². The van der Waals surface area contributed by atoms with E-state index in [1.165, 1.54) is 62.7 Å². The standard InChI is InChI=1S/C28H23N3O8/c1-15-24-22(19(13-29-15)14-38-16(2)32)12-23(25(33)30-20-9-7-17(8-10-20)28(36)37-3)26(39-24)31-21-6-4-5-18(11-21)27(34)35/h4-13H,14H2,1-3H3,(H,30,33)(H,34,35). The number of amides is 1. The van der Waals surface area contributed by atoms with Crippen LogP contribution in [0.15, 0.2) is 70.2 Å². The van der Waals surface area contributed by atoms with Crippen LogP contribution < -0.4 is 10.9 Å². The lowest BCUT2D eigenvalue weighted by atomic mass is 10.1. The van der Waals surface area contributed by atoms with Crippen LogP contribution in [0.25, 0.3) is 11.0 Å². The number of carboxylic acid groups (broad SMARTS) is 1. The van der Waals surface area contributed by atoms with Gasteiger partial charge in [0.2, 0.25) is 5.55 Å². The highest BCUT2D eigenvalue weighted by Crippen LogP contribution is 2.23. The molecule has 2 aromatic heterocycles. The van der Waals surface area contributed by atoms with E-state index >= 15 is 0 Å². The van der Waals surface area contributed by atoms with Crippen LogP contribution in [-0.2, 0) is 20.9 Å². The largest absolute Gasteiger partial charge is 0.478 e. The van der Waals surface area contributed by atoms with Crippen LogP contribution in [0.3, 0.4) is 0 Å². The number of hydrogen-bond donors (Lipinski definition) is 2. The lowest BCUT2D eigenvalue weighted by Gasteiger charge is -2.11. The first kappa shape index (κ1) is 26.7. The number of esters is 2. The van der Waals surface area contributed by atoms with E-state index in [4.69, 9.17) is 13.9 Å². The van der Waals surface area contributed by atoms with Crippen LogP contribution in [-0.4, -0.2) is 41.0 Å². The Morgan fingerprint density at radius 3 is 2.46 bits per heavy atom. The summed E-state index contributed by atoms with van der Waals surface area (Å²) in [5, 5.41) is 12.6. The minimum Gasteiger partial charge on any atom is -0.478 e. The Morgan fingerprint density at radius 1 is 1.05 bits per heavy atom. The Kier molecular flexibility index (Phi) is 7.80. The highest BCUT2D eigenvalue weighted by molar-refractivity contribution is 6.06. The summed E-state index contributed by atoms with van der Waals surface area (Å²) in [6, 6.07) is 13.5. The van der Waals surface area contributed by atoms with E-state index in [-0.39, 0.29) is 29.0 Å². The molecule has 0 spiro atoms. The maximum atomic E-state index is 13.5. The maximum absolute atomic E-state index is 13.5. The first-order valence-corrected chi connectivity index (χ1v) is 11.6. The van der Waals surface area contributed by atoms with Gasteiger partial charge in [-0.1, -0.05) is 6.07 Å². The van der Waals surface area contributed by atoms with Crippen LogP contribution in [0.2, 0.25) is 0 Å². The Bertz CT molecular complexity index is 1670. The normalized spacial score (nSPS) is 11.2. The molecule has 39 heavy (non-hydrogen) atoms. The van der Waals surface area contributed by atoms with Gasteiger partial charge in [0.15, 0.2) is 5.58 Å². The zero-order chi connectivity index (χ0) is 28.1. The third kappa shape index (κ3) is 6.16. The molecule has 0 radical (unpaired) electrons. The van der Waals surface area contributed by atoms with Crippen LogP contribution in [0.4, 0.5) is 11.4 Å². The van der Waals surface area contributed by atoms with E-state index < -0.39 is 23.8 Å². The average molecular weight is 530 g/mol. The number of carbonyl (C=O) groups is 4. The van der Waals surface area contributed by atoms with Gasteiger partial charge in [0, 0.05) is 29.8 Å². The Balaban J connectivity index is 1.86. The zero-order valence-electron chi connectivity index (χ0n) is 21.2. The molecule has 11 nitrogen and oxygen atoms in total. The van der Waals surface area contributed by atoms with Crippen molar-refractivity contribution in [1.29, 1.82) is 0 Å². The van der Waals surface area contributed by atoms with Crippen molar-refractivity contribution in [3.63, 3.8) is 0 Å². The van der Waals surface area contributed by atoms with Crippen molar-refractivity contribution in [2.45, 2.75) is 20.5 Å². The Labute approximate surface area is 221 Å². The summed E-state index contributed by atoms with van der Waals surface area (Å²) in [7, 11) is 1.27. The van der Waals surface area contributed by atoms with Crippen LogP contribution in [0, 0.1) is 6.92 Å². The average Bonchev–Trinajstić information content (AvgIpc) is 2.92. The molecule has 0 aliphatic rings. The number of methoxy groups -OCH3 is 1. The number of aryl methyl sites for hydroxylation is 1. The van der Waals surface area contributed by atoms with Gasteiger partial charge >= 0.3 is 17.9 Å². The van der Waals surface area contributed by atoms with Gasteiger partial charge in [-0.3, -0.25) is 14.6 Å². The summed E-state index contributed by atoms with van der Waals surface area (Å²) >= 11 is 0. The fourth-order valence-corrected chi connectivity index (χ4v) is 3.66. The lowest BCUT2D eigenvalue weighted by Crippen LogP contribution is -2.22. The summed E-state index contributed by atoms with van der Waals surface area (Å²) in [6.07, 6.45) is 1.52. The molecule has 0 atom stereocenters. The lowest BCUT2D eigenvalue weighted by molar-refractivity contribution is -0.142. The molecule has 2 aromatic carbocycles. The van der Waals surface area contributed by atoms with Gasteiger partial charge in [-0.15, -0.1) is 0 Å². The van der Waals surface area contributed by atoms with Gasteiger partial charge in [0.1, 0.15) is 12.2 Å². The van der Waals surface area contributed by atoms with Crippen LogP contribution in [0.1, 0.15) is 49.3 Å². The number of aromatic nitrogens is 1. The number of carbonyl (C=O) groups excluding carboxylic acids is 3. The van der Waals surface area contributed by atoms with E-state index in [9.17, 15) is 24.3 Å². The molecule has 2 heterocycles. The molecule has 198 valence electrons. The summed E-state index contributed by atoms with van der Waals surface area (Å²) in [6.45, 7) is 2.89. The van der Waals surface area contributed by atoms with Crippen molar-refractivity contribution >= 4 is 46.2 Å². The quantitative estimate of drug-likeness (QED) is 0.335. The topological polar surface area (TPSA) is 157 Å². The molecule has 2 N–H and O–H groups in total. The molecule has 0 bridgehead atoms. The first-order valence-electron chi connectivity index (χ1n) is 11.6. The van der Waals surface area contributed by atoms with Crippen molar-refractivity contribution in [3.8, 4) is 0 Å². The fraction of sp³-hybridized carbons (Fsp3) is 0.143. The number of rotatable bonds is 7. The molecule has 0 saturated heterocycles. The number of benzene rings is 2. The first-order chi connectivity index (χ1) is 18.7. The molecule has 0 saturated carbocycles. The molecule has 0 fully saturated rings. The van der Waals surface area contributed by atoms with E-state index in [1.54, 1.807) is 19.1 Å². The number of nitrogens with one attached hydrogen (secondary N) is 1. The fourth-order valence-electron chi connectivity index (χ4n) is 3.66. The summed E-state index contributed by atoms with van der Waals surface area (Å²) in [4.78, 5) is 56.7. The molecule has 0 aliphatic heterocycles. The van der Waals surface area contributed by atoms with E-state index in [2.05, 4.69) is 15.3 Å². The predicted molar refractivity (Wildman–Crippen MR) is 139 cm³/mol. The highest BCUT2D eigenvalue weighted by atomic mass is 16.5. The SMILES string of the molecule is COC(=O)c1ccc(NC(=O)c2cc3c(COC(C)=O)cnc(C)c3oc2=Nc2cccc(C(=O)O)c2)cc1. The van der Waals surface area contributed by atoms with Crippen molar-refractivity contribution in [2.24, 2.45) is 4.99 Å². The minimum atomic E-state index is -1.13. The molecule has 4 aromatic rings. The second-order valence-electron chi connectivity index (χ2n) is 8.35. The molecule has 4 rings (SSSR count). The Morgan fingerprint density at radius 2 is 1.79 bits per heavy atom. The zero-order valence-corrected chi connectivity index (χ0v) is 21.2. The third-order valence-corrected chi connectivity index (χ3v) is 5.61. The van der Waals surface area contributed by atoms with E-state index in [0.717, 1.165) is 0 Å². The van der Waals surface area contributed by atoms with Gasteiger partial charge < -0.3 is 24.3 Å². The monoisotopic (exact) mass is 529 g/mol. The Hall–Kier alpha value is -5.32.